The molecule has 0 aromatic rings. The summed E-state index contributed by atoms with van der Waals surface area (Å²) >= 11 is 0. The average molecular weight is 296 g/mol. The number of carboxylic acids is 1. The van der Waals surface area contributed by atoms with Gasteiger partial charge >= 0.3 is 12.0 Å². The van der Waals surface area contributed by atoms with Crippen LogP contribution in [0.15, 0.2) is 0 Å². The second kappa shape index (κ2) is 7.14. The summed E-state index contributed by atoms with van der Waals surface area (Å²) in [4.78, 5) is 25.4. The minimum absolute atomic E-state index is 0.0712. The number of nitrogens with one attached hydrogen (secondary N) is 1. The lowest BCUT2D eigenvalue weighted by molar-refractivity contribution is -0.143. The van der Waals surface area contributed by atoms with Crippen LogP contribution >= 0.6 is 0 Å². The van der Waals surface area contributed by atoms with Gasteiger partial charge in [-0.3, -0.25) is 4.79 Å². The zero-order valence-electron chi connectivity index (χ0n) is 13.2. The topological polar surface area (TPSA) is 69.6 Å². The van der Waals surface area contributed by atoms with Gasteiger partial charge in [-0.2, -0.15) is 0 Å². The number of hydrogen-bond acceptors (Lipinski definition) is 2. The lowest BCUT2D eigenvalue weighted by atomic mass is 9.83. The molecule has 2 N–H and O–H groups in total. The van der Waals surface area contributed by atoms with Gasteiger partial charge in [-0.15, -0.1) is 0 Å². The molecule has 0 aromatic heterocycles. The number of aliphatic carboxylic acids is 1. The Balaban J connectivity index is 1.93. The monoisotopic (exact) mass is 296 g/mol. The first kappa shape index (κ1) is 16.1. The highest BCUT2D eigenvalue weighted by atomic mass is 16.4. The van der Waals surface area contributed by atoms with Crippen LogP contribution in [0.5, 0.6) is 0 Å². The molecular formula is C16H28N2O3. The Morgan fingerprint density at radius 2 is 1.95 bits per heavy atom. The van der Waals surface area contributed by atoms with E-state index < -0.39 is 11.9 Å². The zero-order valence-corrected chi connectivity index (χ0v) is 13.2. The molecular weight excluding hydrogens is 268 g/mol. The first-order valence-corrected chi connectivity index (χ1v) is 8.29. The molecule has 2 aliphatic rings. The van der Waals surface area contributed by atoms with Crippen LogP contribution in [0.3, 0.4) is 0 Å². The second-order valence-corrected chi connectivity index (χ2v) is 6.79. The average Bonchev–Trinajstić information content (AvgIpc) is 2.47. The number of carbonyl (C=O) groups excluding carboxylic acids is 1. The Labute approximate surface area is 127 Å². The number of likely N-dealkylation sites (tertiary alicyclic amines) is 1. The van der Waals surface area contributed by atoms with Crippen molar-refractivity contribution in [3.05, 3.63) is 0 Å². The van der Waals surface area contributed by atoms with E-state index in [9.17, 15) is 14.7 Å². The van der Waals surface area contributed by atoms with Gasteiger partial charge in [-0.1, -0.05) is 33.1 Å². The van der Waals surface area contributed by atoms with Crippen molar-refractivity contribution in [1.29, 1.82) is 0 Å². The van der Waals surface area contributed by atoms with Crippen LogP contribution in [-0.2, 0) is 4.79 Å². The summed E-state index contributed by atoms with van der Waals surface area (Å²) in [7, 11) is 0. The maximum absolute atomic E-state index is 12.5. The van der Waals surface area contributed by atoms with E-state index in [2.05, 4.69) is 12.2 Å². The van der Waals surface area contributed by atoms with Crippen molar-refractivity contribution in [1.82, 2.24) is 10.2 Å². The number of hydrogen-bond donors (Lipinski definition) is 2. The third kappa shape index (κ3) is 4.11. The van der Waals surface area contributed by atoms with E-state index in [1.807, 2.05) is 6.92 Å². The molecule has 1 saturated heterocycles. The van der Waals surface area contributed by atoms with Gasteiger partial charge in [-0.05, 0) is 31.1 Å². The largest absolute Gasteiger partial charge is 0.481 e. The first-order chi connectivity index (χ1) is 10.0. The van der Waals surface area contributed by atoms with Gasteiger partial charge in [0.2, 0.25) is 0 Å². The van der Waals surface area contributed by atoms with Crippen LogP contribution in [0.1, 0.15) is 52.4 Å². The van der Waals surface area contributed by atoms with E-state index >= 15 is 0 Å². The van der Waals surface area contributed by atoms with Crippen molar-refractivity contribution in [2.45, 2.75) is 58.4 Å². The van der Waals surface area contributed by atoms with Crippen LogP contribution < -0.4 is 5.32 Å². The van der Waals surface area contributed by atoms with E-state index in [1.54, 1.807) is 4.90 Å². The Hall–Kier alpha value is -1.26. The van der Waals surface area contributed by atoms with Gasteiger partial charge in [-0.25, -0.2) is 4.79 Å². The van der Waals surface area contributed by atoms with E-state index in [0.29, 0.717) is 25.4 Å². The number of piperidine rings is 1. The molecule has 120 valence electrons. The number of amides is 2. The molecule has 2 rings (SSSR count). The molecule has 4 unspecified atom stereocenters. The van der Waals surface area contributed by atoms with Crippen molar-refractivity contribution in [3.8, 4) is 0 Å². The fourth-order valence-electron chi connectivity index (χ4n) is 3.83. The van der Waals surface area contributed by atoms with E-state index in [-0.39, 0.29) is 18.0 Å². The van der Waals surface area contributed by atoms with Gasteiger partial charge in [0.05, 0.1) is 5.92 Å². The molecule has 5 heteroatoms. The Morgan fingerprint density at radius 3 is 2.62 bits per heavy atom. The molecule has 2 amide bonds. The molecule has 1 saturated carbocycles. The summed E-state index contributed by atoms with van der Waals surface area (Å²) in [6, 6.07) is 0.190. The lowest BCUT2D eigenvalue weighted by Crippen LogP contribution is -2.53. The predicted molar refractivity (Wildman–Crippen MR) is 81.0 cm³/mol. The summed E-state index contributed by atoms with van der Waals surface area (Å²) in [5.74, 6) is -0.393. The van der Waals surface area contributed by atoms with E-state index in [1.165, 1.54) is 19.3 Å². The summed E-state index contributed by atoms with van der Waals surface area (Å²) in [5, 5.41) is 12.4. The van der Waals surface area contributed by atoms with Crippen molar-refractivity contribution in [2.24, 2.45) is 17.8 Å². The van der Waals surface area contributed by atoms with Gasteiger partial charge in [0, 0.05) is 19.1 Å². The minimum atomic E-state index is -0.788. The molecule has 4 atom stereocenters. The third-order valence-corrected chi connectivity index (χ3v) is 5.04. The highest BCUT2D eigenvalue weighted by molar-refractivity contribution is 5.77. The number of urea groups is 1. The fourth-order valence-corrected chi connectivity index (χ4v) is 3.83. The predicted octanol–water partition coefficient (Wildman–Crippen LogP) is 2.71. The summed E-state index contributed by atoms with van der Waals surface area (Å²) in [5.41, 5.74) is 0. The van der Waals surface area contributed by atoms with Gasteiger partial charge in [0.1, 0.15) is 0 Å². The lowest BCUT2D eigenvalue weighted by Gasteiger charge is -2.38. The number of rotatable bonds is 3. The number of carboxylic acid groups (broad SMARTS) is 1. The van der Waals surface area contributed by atoms with Crippen LogP contribution in [0, 0.1) is 17.8 Å². The standard InChI is InChI=1S/C16H28N2O3/c1-3-12-6-4-5-7-14(12)17-16(21)18-9-11(2)8-13(10-18)15(19)20/h11-14H,3-10H2,1-2H3,(H,17,21)(H,19,20). The molecule has 1 aliphatic heterocycles. The second-order valence-electron chi connectivity index (χ2n) is 6.79. The maximum atomic E-state index is 12.5. The summed E-state index contributed by atoms with van der Waals surface area (Å²) < 4.78 is 0. The normalized spacial score (nSPS) is 33.5. The number of carbonyl (C=O) groups is 2. The van der Waals surface area contributed by atoms with Gasteiger partial charge in [0.15, 0.2) is 0 Å². The zero-order chi connectivity index (χ0) is 15.4. The molecule has 0 aromatic carbocycles. The third-order valence-electron chi connectivity index (χ3n) is 5.04. The SMILES string of the molecule is CCC1CCCCC1NC(=O)N1CC(C)CC(C(=O)O)C1. The quantitative estimate of drug-likeness (QED) is 0.841. The summed E-state index contributed by atoms with van der Waals surface area (Å²) in [6.07, 6.45) is 6.44. The van der Waals surface area contributed by atoms with Crippen LogP contribution in [-0.4, -0.2) is 41.1 Å². The molecule has 1 aliphatic carbocycles. The van der Waals surface area contributed by atoms with Crippen molar-refractivity contribution < 1.29 is 14.7 Å². The highest BCUT2D eigenvalue weighted by Gasteiger charge is 2.33. The van der Waals surface area contributed by atoms with Crippen molar-refractivity contribution >= 4 is 12.0 Å². The van der Waals surface area contributed by atoms with Crippen LogP contribution in [0.2, 0.25) is 0 Å². The van der Waals surface area contributed by atoms with Crippen molar-refractivity contribution in [2.75, 3.05) is 13.1 Å². The van der Waals surface area contributed by atoms with Crippen molar-refractivity contribution in [3.63, 3.8) is 0 Å². The van der Waals surface area contributed by atoms with Gasteiger partial charge in [0.25, 0.3) is 0 Å². The first-order valence-electron chi connectivity index (χ1n) is 8.29. The smallest absolute Gasteiger partial charge is 0.317 e. The minimum Gasteiger partial charge on any atom is -0.481 e. The molecule has 5 nitrogen and oxygen atoms in total. The Bertz CT molecular complexity index is 386. The Kier molecular flexibility index (Phi) is 5.48. The summed E-state index contributed by atoms with van der Waals surface area (Å²) in [6.45, 7) is 5.21. The van der Waals surface area contributed by atoms with E-state index in [0.717, 1.165) is 12.8 Å². The van der Waals surface area contributed by atoms with Crippen LogP contribution in [0.4, 0.5) is 4.79 Å². The van der Waals surface area contributed by atoms with E-state index in [4.69, 9.17) is 0 Å². The molecule has 0 radical (unpaired) electrons. The number of nitrogens with zero attached hydrogens (tertiary/aromatic N) is 1. The molecule has 0 bridgehead atoms. The molecule has 21 heavy (non-hydrogen) atoms. The Morgan fingerprint density at radius 1 is 1.24 bits per heavy atom. The molecule has 0 spiro atoms. The molecule has 2 fully saturated rings. The maximum Gasteiger partial charge on any atom is 0.317 e. The fraction of sp³-hybridized carbons (Fsp3) is 0.875. The van der Waals surface area contributed by atoms with Crippen LogP contribution in [0.25, 0.3) is 0 Å². The van der Waals surface area contributed by atoms with Gasteiger partial charge < -0.3 is 15.3 Å². The highest BCUT2D eigenvalue weighted by Crippen LogP contribution is 2.27. The molecule has 1 heterocycles.